The highest BCUT2D eigenvalue weighted by Crippen LogP contribution is 2.43. The topological polar surface area (TPSA) is 64.9 Å². The summed E-state index contributed by atoms with van der Waals surface area (Å²) >= 11 is 3.96. The maximum absolute atomic E-state index is 6.01. The molecule has 102 valence electrons. The van der Waals surface area contributed by atoms with Crippen LogP contribution < -0.4 is 5.73 Å². The van der Waals surface area contributed by atoms with Crippen molar-refractivity contribution in [3.63, 3.8) is 0 Å². The lowest BCUT2D eigenvalue weighted by atomic mass is 10.2. The lowest BCUT2D eigenvalue weighted by Crippen LogP contribution is -2.19. The van der Waals surface area contributed by atoms with Crippen molar-refractivity contribution < 1.29 is 4.52 Å². The van der Waals surface area contributed by atoms with E-state index < -0.39 is 0 Å². The predicted octanol–water partition coefficient (Wildman–Crippen LogP) is 3.17. The van der Waals surface area contributed by atoms with Gasteiger partial charge in [0, 0.05) is 16.8 Å². The van der Waals surface area contributed by atoms with Gasteiger partial charge in [-0.05, 0) is 12.8 Å². The minimum Gasteiger partial charge on any atom is -0.338 e. The first-order valence-corrected chi connectivity index (χ1v) is 8.68. The van der Waals surface area contributed by atoms with Gasteiger partial charge in [0.1, 0.15) is 0 Å². The van der Waals surface area contributed by atoms with Gasteiger partial charge in [-0.1, -0.05) is 25.4 Å². The Morgan fingerprint density at radius 2 is 2.17 bits per heavy atom. The van der Waals surface area contributed by atoms with Crippen LogP contribution in [0, 0.1) is 0 Å². The molecule has 0 radical (unpaired) electrons. The van der Waals surface area contributed by atoms with Crippen molar-refractivity contribution in [3.05, 3.63) is 11.7 Å². The number of nitrogens with two attached hydrogens (primary N) is 1. The molecule has 2 rings (SSSR count). The Morgan fingerprint density at radius 1 is 1.39 bits per heavy atom. The van der Waals surface area contributed by atoms with Gasteiger partial charge in [-0.3, -0.25) is 0 Å². The molecule has 0 bridgehead atoms. The molecule has 18 heavy (non-hydrogen) atoms. The largest absolute Gasteiger partial charge is 0.338 e. The summed E-state index contributed by atoms with van der Waals surface area (Å²) in [6, 6.07) is -0.113. The van der Waals surface area contributed by atoms with E-state index in [2.05, 4.69) is 24.0 Å². The van der Waals surface area contributed by atoms with Crippen LogP contribution in [0.2, 0.25) is 0 Å². The average molecular weight is 287 g/mol. The summed E-state index contributed by atoms with van der Waals surface area (Å²) in [5.74, 6) is 3.81. The van der Waals surface area contributed by atoms with E-state index in [9.17, 15) is 0 Å². The molecule has 0 aromatic carbocycles. The molecule has 0 saturated carbocycles. The molecule has 1 saturated heterocycles. The van der Waals surface area contributed by atoms with E-state index in [-0.39, 0.29) is 6.04 Å². The third-order valence-corrected chi connectivity index (χ3v) is 6.32. The van der Waals surface area contributed by atoms with Crippen LogP contribution in [0.15, 0.2) is 4.52 Å². The van der Waals surface area contributed by atoms with Gasteiger partial charge in [0.05, 0.1) is 11.3 Å². The van der Waals surface area contributed by atoms with Gasteiger partial charge < -0.3 is 10.3 Å². The van der Waals surface area contributed by atoms with Crippen molar-refractivity contribution in [2.24, 2.45) is 5.73 Å². The molecule has 0 amide bonds. The predicted molar refractivity (Wildman–Crippen MR) is 77.9 cm³/mol. The number of rotatable bonds is 5. The van der Waals surface area contributed by atoms with Crippen molar-refractivity contribution in [2.75, 3.05) is 11.5 Å². The third kappa shape index (κ3) is 3.22. The van der Waals surface area contributed by atoms with E-state index in [1.807, 2.05) is 23.5 Å². The second-order valence-corrected chi connectivity index (χ2v) is 7.09. The maximum atomic E-state index is 6.01. The Balaban J connectivity index is 2.08. The van der Waals surface area contributed by atoms with Gasteiger partial charge in [0.25, 0.3) is 0 Å². The first-order chi connectivity index (χ1) is 8.76. The summed E-state index contributed by atoms with van der Waals surface area (Å²) in [5.41, 5.74) is 6.01. The van der Waals surface area contributed by atoms with E-state index in [0.717, 1.165) is 30.8 Å². The highest BCUT2D eigenvalue weighted by Gasteiger charge is 2.30. The Morgan fingerprint density at radius 3 is 2.89 bits per heavy atom. The molecule has 1 aromatic rings. The molecule has 2 unspecified atom stereocenters. The normalized spacial score (nSPS) is 26.2. The Bertz CT molecular complexity index is 372. The molecule has 1 fully saturated rings. The molecule has 4 nitrogen and oxygen atoms in total. The van der Waals surface area contributed by atoms with Crippen LogP contribution in [-0.4, -0.2) is 26.9 Å². The van der Waals surface area contributed by atoms with Gasteiger partial charge in [-0.25, -0.2) is 0 Å². The smallest absolute Gasteiger partial charge is 0.243 e. The minimum atomic E-state index is -0.113. The van der Waals surface area contributed by atoms with Crippen molar-refractivity contribution in [1.82, 2.24) is 10.1 Å². The second kappa shape index (κ2) is 6.82. The Labute approximate surface area is 117 Å². The summed E-state index contributed by atoms with van der Waals surface area (Å²) in [5, 5.41) is 5.10. The summed E-state index contributed by atoms with van der Waals surface area (Å²) in [6.45, 7) is 4.33. The van der Waals surface area contributed by atoms with E-state index in [4.69, 9.17) is 10.3 Å². The van der Waals surface area contributed by atoms with Crippen LogP contribution in [0.25, 0.3) is 0 Å². The molecular weight excluding hydrogens is 266 g/mol. The van der Waals surface area contributed by atoms with Crippen molar-refractivity contribution >= 4 is 23.5 Å². The lowest BCUT2D eigenvalue weighted by Gasteiger charge is -2.27. The molecule has 3 atom stereocenters. The molecule has 2 heterocycles. The van der Waals surface area contributed by atoms with Crippen LogP contribution in [0.4, 0.5) is 0 Å². The van der Waals surface area contributed by atoms with Gasteiger partial charge >= 0.3 is 0 Å². The van der Waals surface area contributed by atoms with Gasteiger partial charge in [0.15, 0.2) is 5.82 Å². The van der Waals surface area contributed by atoms with Crippen LogP contribution in [0.3, 0.4) is 0 Å². The molecular formula is C12H21N3OS2. The summed E-state index contributed by atoms with van der Waals surface area (Å²) in [4.78, 5) is 4.51. The van der Waals surface area contributed by atoms with Gasteiger partial charge in [-0.15, -0.1) is 11.8 Å². The first-order valence-electron chi connectivity index (χ1n) is 6.58. The molecule has 1 aliphatic rings. The fraction of sp³-hybridized carbons (Fsp3) is 0.833. The van der Waals surface area contributed by atoms with E-state index >= 15 is 0 Å². The Kier molecular flexibility index (Phi) is 5.38. The number of thioether (sulfide) groups is 2. The van der Waals surface area contributed by atoms with Crippen molar-refractivity contribution in [1.29, 1.82) is 0 Å². The number of nitrogens with zero attached hydrogens (tertiary/aromatic N) is 2. The molecule has 0 spiro atoms. The Hall–Kier alpha value is -0.200. The fourth-order valence-corrected chi connectivity index (χ4v) is 5.07. The maximum Gasteiger partial charge on any atom is 0.243 e. The molecule has 6 heteroatoms. The standard InChI is InChI=1S/C12H21N3OS2/c1-3-5-8(13)12-14-11(15-16-12)10-9(4-2)17-6-7-18-10/h8-10H,3-7,13H2,1-2H3/t8-,9?,10?/m0/s1. The van der Waals surface area contributed by atoms with Crippen LogP contribution in [0.5, 0.6) is 0 Å². The molecule has 1 aromatic heterocycles. The van der Waals surface area contributed by atoms with Crippen LogP contribution in [0.1, 0.15) is 56.1 Å². The van der Waals surface area contributed by atoms with Crippen molar-refractivity contribution in [3.8, 4) is 0 Å². The SMILES string of the molecule is CCC[C@H](N)c1nc(C2SCCSC2CC)no1. The van der Waals surface area contributed by atoms with Gasteiger partial charge in [-0.2, -0.15) is 16.7 Å². The first kappa shape index (κ1) is 14.2. The second-order valence-electron chi connectivity index (χ2n) is 4.49. The highest BCUT2D eigenvalue weighted by molar-refractivity contribution is 8.06. The zero-order valence-corrected chi connectivity index (χ0v) is 12.6. The van der Waals surface area contributed by atoms with E-state index in [1.165, 1.54) is 5.75 Å². The molecule has 0 aliphatic carbocycles. The quantitative estimate of drug-likeness (QED) is 0.897. The van der Waals surface area contributed by atoms with Gasteiger partial charge in [0.2, 0.25) is 5.89 Å². The van der Waals surface area contributed by atoms with Crippen LogP contribution >= 0.6 is 23.5 Å². The third-order valence-electron chi connectivity index (χ3n) is 3.08. The fourth-order valence-electron chi connectivity index (χ4n) is 2.09. The summed E-state index contributed by atoms with van der Waals surface area (Å²) in [6.07, 6.45) is 3.07. The molecule has 1 aliphatic heterocycles. The average Bonchev–Trinajstić information content (AvgIpc) is 2.88. The lowest BCUT2D eigenvalue weighted by molar-refractivity contribution is 0.344. The highest BCUT2D eigenvalue weighted by atomic mass is 32.2. The van der Waals surface area contributed by atoms with E-state index in [1.54, 1.807) is 0 Å². The van der Waals surface area contributed by atoms with Crippen LogP contribution in [-0.2, 0) is 0 Å². The number of hydrogen-bond donors (Lipinski definition) is 1. The van der Waals surface area contributed by atoms with E-state index in [0.29, 0.717) is 16.4 Å². The monoisotopic (exact) mass is 287 g/mol. The summed E-state index contributed by atoms with van der Waals surface area (Å²) in [7, 11) is 0. The molecule has 2 N–H and O–H groups in total. The summed E-state index contributed by atoms with van der Waals surface area (Å²) < 4.78 is 5.32. The number of aromatic nitrogens is 2. The number of hydrogen-bond acceptors (Lipinski definition) is 6. The zero-order valence-electron chi connectivity index (χ0n) is 11.0. The minimum absolute atomic E-state index is 0.113. The van der Waals surface area contributed by atoms with Crippen molar-refractivity contribution in [2.45, 2.75) is 49.7 Å². The zero-order chi connectivity index (χ0) is 13.0.